The Bertz CT molecular complexity index is 684. The number of carbonyl (C=O) groups is 3. The van der Waals surface area contributed by atoms with E-state index in [9.17, 15) is 14.4 Å². The van der Waals surface area contributed by atoms with E-state index in [0.717, 1.165) is 5.56 Å². The average Bonchev–Trinajstić information content (AvgIpc) is 2.55. The van der Waals surface area contributed by atoms with E-state index in [4.69, 9.17) is 15.2 Å². The number of carbonyl (C=O) groups excluding carboxylic acids is 3. The third kappa shape index (κ3) is 8.99. The molecule has 0 fully saturated rings. The standard InChI is InChI=1S/C21H32N2O5/c1-20(2,3)27-17(24)12-11-16(19(26)28-21(4,5)6)23-18(25)15-9-7-14(13-22)8-10-15/h7-10,16H,11-13,22H2,1-6H3,(H,23,25)/t16-/m0/s1. The van der Waals surface area contributed by atoms with E-state index in [-0.39, 0.29) is 12.8 Å². The SMILES string of the molecule is CC(C)(C)OC(=O)CC[C@H](NC(=O)c1ccc(CN)cc1)C(=O)OC(C)(C)C. The predicted octanol–water partition coefficient (Wildman–Crippen LogP) is 2.71. The smallest absolute Gasteiger partial charge is 0.329 e. The van der Waals surface area contributed by atoms with Crippen molar-refractivity contribution in [2.75, 3.05) is 0 Å². The van der Waals surface area contributed by atoms with Crippen LogP contribution in [0.4, 0.5) is 0 Å². The summed E-state index contributed by atoms with van der Waals surface area (Å²) < 4.78 is 10.7. The van der Waals surface area contributed by atoms with Crippen molar-refractivity contribution >= 4 is 17.8 Å². The number of benzene rings is 1. The zero-order valence-electron chi connectivity index (χ0n) is 17.6. The summed E-state index contributed by atoms with van der Waals surface area (Å²) in [7, 11) is 0. The summed E-state index contributed by atoms with van der Waals surface area (Å²) in [6.07, 6.45) is 0.0595. The Morgan fingerprint density at radius 1 is 0.964 bits per heavy atom. The molecule has 1 rings (SSSR count). The molecule has 0 aliphatic heterocycles. The summed E-state index contributed by atoms with van der Waals surface area (Å²) in [5, 5.41) is 2.66. The molecule has 1 aromatic carbocycles. The van der Waals surface area contributed by atoms with Crippen molar-refractivity contribution in [1.82, 2.24) is 5.32 Å². The number of hydrogen-bond acceptors (Lipinski definition) is 6. The van der Waals surface area contributed by atoms with Gasteiger partial charge < -0.3 is 20.5 Å². The maximum atomic E-state index is 12.5. The molecule has 0 unspecified atom stereocenters. The Balaban J connectivity index is 2.85. The van der Waals surface area contributed by atoms with Crippen LogP contribution in [0.5, 0.6) is 0 Å². The fraction of sp³-hybridized carbons (Fsp3) is 0.571. The molecule has 0 spiro atoms. The third-order valence-corrected chi connectivity index (χ3v) is 3.51. The molecule has 1 aromatic rings. The van der Waals surface area contributed by atoms with E-state index in [1.54, 1.807) is 65.8 Å². The van der Waals surface area contributed by atoms with Gasteiger partial charge in [0.15, 0.2) is 0 Å². The highest BCUT2D eigenvalue weighted by Gasteiger charge is 2.28. The van der Waals surface area contributed by atoms with Gasteiger partial charge in [0.05, 0.1) is 0 Å². The molecule has 0 aliphatic carbocycles. The molecule has 0 heterocycles. The van der Waals surface area contributed by atoms with Gasteiger partial charge in [-0.05, 0) is 65.7 Å². The second-order valence-corrected chi connectivity index (χ2v) is 8.59. The maximum Gasteiger partial charge on any atom is 0.329 e. The van der Waals surface area contributed by atoms with Gasteiger partial charge in [-0.3, -0.25) is 9.59 Å². The largest absolute Gasteiger partial charge is 0.460 e. The summed E-state index contributed by atoms with van der Waals surface area (Å²) in [5.74, 6) is -1.46. The van der Waals surface area contributed by atoms with Gasteiger partial charge in [-0.1, -0.05) is 12.1 Å². The van der Waals surface area contributed by atoms with E-state index in [1.165, 1.54) is 0 Å². The molecule has 3 N–H and O–H groups in total. The molecule has 0 bridgehead atoms. The van der Waals surface area contributed by atoms with Gasteiger partial charge in [0.25, 0.3) is 5.91 Å². The van der Waals surface area contributed by atoms with Crippen molar-refractivity contribution in [2.45, 2.75) is 78.2 Å². The van der Waals surface area contributed by atoms with Gasteiger partial charge in [-0.15, -0.1) is 0 Å². The van der Waals surface area contributed by atoms with Gasteiger partial charge in [-0.2, -0.15) is 0 Å². The number of hydrogen-bond donors (Lipinski definition) is 2. The fourth-order valence-electron chi connectivity index (χ4n) is 2.31. The van der Waals surface area contributed by atoms with Crippen LogP contribution < -0.4 is 11.1 Å². The van der Waals surface area contributed by atoms with E-state index in [0.29, 0.717) is 12.1 Å². The maximum absolute atomic E-state index is 12.5. The number of rotatable bonds is 7. The second kappa shape index (κ2) is 9.68. The van der Waals surface area contributed by atoms with Crippen LogP contribution in [0.2, 0.25) is 0 Å². The van der Waals surface area contributed by atoms with Gasteiger partial charge in [0.2, 0.25) is 0 Å². The summed E-state index contributed by atoms with van der Waals surface area (Å²) in [6.45, 7) is 10.9. The normalized spacial score (nSPS) is 12.8. The topological polar surface area (TPSA) is 108 Å². The molecule has 1 amide bonds. The Hall–Kier alpha value is -2.41. The Labute approximate surface area is 167 Å². The van der Waals surface area contributed by atoms with E-state index in [2.05, 4.69) is 5.32 Å². The third-order valence-electron chi connectivity index (χ3n) is 3.51. The van der Waals surface area contributed by atoms with Gasteiger partial charge in [0.1, 0.15) is 17.2 Å². The number of esters is 2. The van der Waals surface area contributed by atoms with E-state index in [1.807, 2.05) is 0 Å². The molecule has 28 heavy (non-hydrogen) atoms. The summed E-state index contributed by atoms with van der Waals surface area (Å²) in [6, 6.07) is 5.80. The average molecular weight is 392 g/mol. The molecule has 1 atom stereocenters. The molecular formula is C21H32N2O5. The van der Waals surface area contributed by atoms with E-state index < -0.39 is 35.1 Å². The van der Waals surface area contributed by atoms with Crippen molar-refractivity contribution in [3.8, 4) is 0 Å². The monoisotopic (exact) mass is 392 g/mol. The number of ether oxygens (including phenoxy) is 2. The molecule has 7 heteroatoms. The van der Waals surface area contributed by atoms with Gasteiger partial charge >= 0.3 is 11.9 Å². The van der Waals surface area contributed by atoms with E-state index >= 15 is 0 Å². The Morgan fingerprint density at radius 2 is 1.50 bits per heavy atom. The molecule has 0 aromatic heterocycles. The Kier molecular flexibility index (Phi) is 8.17. The van der Waals surface area contributed by atoms with Crippen molar-refractivity contribution in [2.24, 2.45) is 5.73 Å². The quantitative estimate of drug-likeness (QED) is 0.691. The molecule has 7 nitrogen and oxygen atoms in total. The van der Waals surface area contributed by atoms with Crippen LogP contribution in [0, 0.1) is 0 Å². The first-order chi connectivity index (χ1) is 12.8. The van der Waals surface area contributed by atoms with Crippen molar-refractivity contribution in [1.29, 1.82) is 0 Å². The first kappa shape index (κ1) is 23.6. The highest BCUT2D eigenvalue weighted by molar-refractivity contribution is 5.96. The van der Waals surface area contributed by atoms with Crippen LogP contribution in [-0.2, 0) is 25.6 Å². The molecule has 0 saturated carbocycles. The molecule has 156 valence electrons. The molecule has 0 radical (unpaired) electrons. The van der Waals surface area contributed by atoms with Gasteiger partial charge in [-0.25, -0.2) is 4.79 Å². The lowest BCUT2D eigenvalue weighted by atomic mass is 10.1. The minimum Gasteiger partial charge on any atom is -0.460 e. The van der Waals surface area contributed by atoms with Crippen LogP contribution in [0.25, 0.3) is 0 Å². The van der Waals surface area contributed by atoms with Crippen LogP contribution in [0.15, 0.2) is 24.3 Å². The minimum absolute atomic E-state index is 0.0203. The first-order valence-corrected chi connectivity index (χ1v) is 9.35. The first-order valence-electron chi connectivity index (χ1n) is 9.35. The highest BCUT2D eigenvalue weighted by atomic mass is 16.6. The fourth-order valence-corrected chi connectivity index (χ4v) is 2.31. The van der Waals surface area contributed by atoms with Crippen molar-refractivity contribution < 1.29 is 23.9 Å². The minimum atomic E-state index is -0.964. The summed E-state index contributed by atoms with van der Waals surface area (Å²) in [5.41, 5.74) is 5.51. The zero-order valence-corrected chi connectivity index (χ0v) is 17.6. The summed E-state index contributed by atoms with van der Waals surface area (Å²) in [4.78, 5) is 37.0. The highest BCUT2D eigenvalue weighted by Crippen LogP contribution is 2.14. The zero-order chi connectivity index (χ0) is 21.5. The predicted molar refractivity (Wildman–Crippen MR) is 107 cm³/mol. The molecular weight excluding hydrogens is 360 g/mol. The second-order valence-electron chi connectivity index (χ2n) is 8.59. The van der Waals surface area contributed by atoms with Crippen LogP contribution in [0.1, 0.15) is 70.3 Å². The van der Waals surface area contributed by atoms with Gasteiger partial charge in [0, 0.05) is 18.5 Å². The molecule has 0 saturated heterocycles. The summed E-state index contributed by atoms with van der Waals surface area (Å²) >= 11 is 0. The molecule has 0 aliphatic rings. The number of nitrogens with one attached hydrogen (secondary N) is 1. The lowest BCUT2D eigenvalue weighted by molar-refractivity contribution is -0.158. The van der Waals surface area contributed by atoms with Crippen molar-refractivity contribution in [3.05, 3.63) is 35.4 Å². The lowest BCUT2D eigenvalue weighted by Crippen LogP contribution is -2.44. The van der Waals surface area contributed by atoms with Crippen molar-refractivity contribution in [3.63, 3.8) is 0 Å². The van der Waals surface area contributed by atoms with Crippen LogP contribution in [-0.4, -0.2) is 35.1 Å². The lowest BCUT2D eigenvalue weighted by Gasteiger charge is -2.25. The van der Waals surface area contributed by atoms with Crippen LogP contribution in [0.3, 0.4) is 0 Å². The number of amides is 1. The van der Waals surface area contributed by atoms with Crippen LogP contribution >= 0.6 is 0 Å². The number of nitrogens with two attached hydrogens (primary N) is 1. The Morgan fingerprint density at radius 3 is 1.96 bits per heavy atom.